The van der Waals surface area contributed by atoms with Crippen molar-refractivity contribution in [3.05, 3.63) is 95.6 Å². The molecule has 2 atom stereocenters. The van der Waals surface area contributed by atoms with Crippen LogP contribution in [0.5, 0.6) is 0 Å². The summed E-state index contributed by atoms with van der Waals surface area (Å²) in [5.41, 5.74) is 2.88. The number of benzene rings is 3. The molecule has 0 spiro atoms. The molecular weight excluding hydrogens is 510 g/mol. The minimum Gasteiger partial charge on any atom is -0.352 e. The Morgan fingerprint density at radius 1 is 0.872 bits per heavy atom. The fourth-order valence-electron chi connectivity index (χ4n) is 4.36. The molecule has 2 amide bonds. The summed E-state index contributed by atoms with van der Waals surface area (Å²) in [6.07, 6.45) is 1.14. The maximum Gasteiger partial charge on any atom is 0.264 e. The number of anilines is 1. The van der Waals surface area contributed by atoms with Crippen LogP contribution in [0.4, 0.5) is 5.69 Å². The van der Waals surface area contributed by atoms with Gasteiger partial charge in [-0.05, 0) is 68.5 Å². The zero-order valence-corrected chi connectivity index (χ0v) is 24.2. The van der Waals surface area contributed by atoms with Gasteiger partial charge in [0, 0.05) is 12.6 Å². The van der Waals surface area contributed by atoms with E-state index in [1.165, 1.54) is 21.3 Å². The molecule has 0 radical (unpaired) electrons. The number of carbonyl (C=O) groups is 2. The number of rotatable bonds is 12. The Labute approximate surface area is 232 Å². The molecule has 3 aromatic rings. The number of carbonyl (C=O) groups excluding carboxylic acids is 2. The predicted molar refractivity (Wildman–Crippen MR) is 156 cm³/mol. The van der Waals surface area contributed by atoms with Crippen LogP contribution in [0.2, 0.25) is 0 Å². The van der Waals surface area contributed by atoms with Crippen molar-refractivity contribution in [2.45, 2.75) is 71.0 Å². The summed E-state index contributed by atoms with van der Waals surface area (Å²) >= 11 is 0. The van der Waals surface area contributed by atoms with Crippen LogP contribution in [0.3, 0.4) is 0 Å². The van der Waals surface area contributed by atoms with Gasteiger partial charge >= 0.3 is 0 Å². The normalized spacial score (nSPS) is 12.8. The molecule has 0 bridgehead atoms. The van der Waals surface area contributed by atoms with E-state index in [2.05, 4.69) is 5.32 Å². The smallest absolute Gasteiger partial charge is 0.264 e. The third-order valence-corrected chi connectivity index (χ3v) is 8.60. The van der Waals surface area contributed by atoms with E-state index in [9.17, 15) is 18.0 Å². The molecule has 8 heteroatoms. The first-order valence-corrected chi connectivity index (χ1v) is 14.8. The zero-order valence-electron chi connectivity index (χ0n) is 23.4. The molecule has 7 nitrogen and oxygen atoms in total. The van der Waals surface area contributed by atoms with Gasteiger partial charge in [-0.25, -0.2) is 8.42 Å². The lowest BCUT2D eigenvalue weighted by Gasteiger charge is -2.34. The fraction of sp³-hybridized carbons (Fsp3) is 0.355. The predicted octanol–water partition coefficient (Wildman–Crippen LogP) is 5.22. The van der Waals surface area contributed by atoms with Crippen molar-refractivity contribution in [1.82, 2.24) is 10.2 Å². The summed E-state index contributed by atoms with van der Waals surface area (Å²) < 4.78 is 29.1. The Hall–Kier alpha value is -3.65. The minimum absolute atomic E-state index is 0.0508. The van der Waals surface area contributed by atoms with E-state index in [-0.39, 0.29) is 23.4 Å². The molecule has 0 aliphatic rings. The van der Waals surface area contributed by atoms with Crippen LogP contribution >= 0.6 is 0 Å². The average molecular weight is 550 g/mol. The van der Waals surface area contributed by atoms with E-state index in [0.717, 1.165) is 23.1 Å². The van der Waals surface area contributed by atoms with Gasteiger partial charge < -0.3 is 10.2 Å². The first-order chi connectivity index (χ1) is 18.6. The molecular formula is C31H39N3O4S. The van der Waals surface area contributed by atoms with Crippen LogP contribution in [-0.4, -0.2) is 43.8 Å². The number of sulfonamides is 1. The highest BCUT2D eigenvalue weighted by Gasteiger charge is 2.34. The van der Waals surface area contributed by atoms with Gasteiger partial charge in [0.15, 0.2) is 0 Å². The van der Waals surface area contributed by atoms with Crippen molar-refractivity contribution in [1.29, 1.82) is 0 Å². The average Bonchev–Trinajstić information content (AvgIpc) is 2.93. The summed E-state index contributed by atoms with van der Waals surface area (Å²) in [6.45, 7) is 9.20. The number of hydrogen-bond donors (Lipinski definition) is 1. The maximum absolute atomic E-state index is 14.1. The molecule has 0 unspecified atom stereocenters. The first kappa shape index (κ1) is 29.9. The van der Waals surface area contributed by atoms with E-state index < -0.39 is 28.5 Å². The van der Waals surface area contributed by atoms with Gasteiger partial charge in [-0.15, -0.1) is 0 Å². The number of nitrogens with zero attached hydrogens (tertiary/aromatic N) is 2. The standard InChI is InChI=1S/C31H39N3O4S/c1-6-25(5)32-31(36)28(7-2)33(21-26-14-10-8-11-15-26)30(35)22-34(29-20-23(3)18-19-24(29)4)39(37,38)27-16-12-9-13-17-27/h8-20,25,28H,6-7,21-22H2,1-5H3,(H,32,36)/t25-,28+/m1/s1. The van der Waals surface area contributed by atoms with Crippen molar-refractivity contribution >= 4 is 27.5 Å². The van der Waals surface area contributed by atoms with E-state index in [4.69, 9.17) is 0 Å². The Kier molecular flexibility index (Phi) is 10.3. The second-order valence-electron chi connectivity index (χ2n) is 9.86. The van der Waals surface area contributed by atoms with Gasteiger partial charge in [0.1, 0.15) is 12.6 Å². The topological polar surface area (TPSA) is 86.8 Å². The molecule has 3 rings (SSSR count). The second kappa shape index (κ2) is 13.4. The summed E-state index contributed by atoms with van der Waals surface area (Å²) in [7, 11) is -4.09. The van der Waals surface area contributed by atoms with E-state index in [1.807, 2.05) is 77.1 Å². The molecule has 0 fully saturated rings. The molecule has 0 saturated heterocycles. The van der Waals surface area contributed by atoms with Gasteiger partial charge in [0.2, 0.25) is 11.8 Å². The number of nitrogens with one attached hydrogen (secondary N) is 1. The number of amides is 2. The van der Waals surface area contributed by atoms with Crippen molar-refractivity contribution in [3.63, 3.8) is 0 Å². The van der Waals surface area contributed by atoms with Gasteiger partial charge in [-0.3, -0.25) is 13.9 Å². The van der Waals surface area contributed by atoms with Crippen LogP contribution in [-0.2, 0) is 26.2 Å². The third kappa shape index (κ3) is 7.47. The molecule has 0 aliphatic heterocycles. The van der Waals surface area contributed by atoms with E-state index in [1.54, 1.807) is 24.3 Å². The zero-order chi connectivity index (χ0) is 28.6. The second-order valence-corrected chi connectivity index (χ2v) is 11.7. The molecule has 208 valence electrons. The maximum atomic E-state index is 14.1. The van der Waals surface area contributed by atoms with E-state index >= 15 is 0 Å². The molecule has 39 heavy (non-hydrogen) atoms. The first-order valence-electron chi connectivity index (χ1n) is 13.4. The Balaban J connectivity index is 2.07. The van der Waals surface area contributed by atoms with Gasteiger partial charge in [-0.1, -0.05) is 74.5 Å². The third-order valence-electron chi connectivity index (χ3n) is 6.83. The largest absolute Gasteiger partial charge is 0.352 e. The van der Waals surface area contributed by atoms with Crippen LogP contribution in [0.15, 0.2) is 83.8 Å². The lowest BCUT2D eigenvalue weighted by molar-refractivity contribution is -0.140. The Morgan fingerprint density at radius 3 is 2.08 bits per heavy atom. The molecule has 0 heterocycles. The van der Waals surface area contributed by atoms with Crippen molar-refractivity contribution in [2.75, 3.05) is 10.8 Å². The lowest BCUT2D eigenvalue weighted by atomic mass is 10.1. The fourth-order valence-corrected chi connectivity index (χ4v) is 5.85. The van der Waals surface area contributed by atoms with Crippen molar-refractivity contribution < 1.29 is 18.0 Å². The van der Waals surface area contributed by atoms with Crippen molar-refractivity contribution in [3.8, 4) is 0 Å². The summed E-state index contributed by atoms with van der Waals surface area (Å²) in [5.74, 6) is -0.703. The van der Waals surface area contributed by atoms with Gasteiger partial charge in [0.05, 0.1) is 10.6 Å². The minimum atomic E-state index is -4.09. The SMILES string of the molecule is CC[C@@H](C)NC(=O)[C@H](CC)N(Cc1ccccc1)C(=O)CN(c1cc(C)ccc1C)S(=O)(=O)c1ccccc1. The van der Waals surface area contributed by atoms with Crippen LogP contribution in [0, 0.1) is 13.8 Å². The van der Waals surface area contributed by atoms with E-state index in [0.29, 0.717) is 12.1 Å². The number of hydrogen-bond acceptors (Lipinski definition) is 4. The monoisotopic (exact) mass is 549 g/mol. The van der Waals surface area contributed by atoms with Gasteiger partial charge in [0.25, 0.3) is 10.0 Å². The summed E-state index contributed by atoms with van der Waals surface area (Å²) in [6, 6.07) is 22.2. The van der Waals surface area contributed by atoms with Gasteiger partial charge in [-0.2, -0.15) is 0 Å². The summed E-state index contributed by atoms with van der Waals surface area (Å²) in [4.78, 5) is 29.0. The van der Waals surface area contributed by atoms with Crippen LogP contribution in [0.1, 0.15) is 50.3 Å². The lowest BCUT2D eigenvalue weighted by Crippen LogP contribution is -2.53. The molecule has 0 saturated carbocycles. The highest BCUT2D eigenvalue weighted by Crippen LogP contribution is 2.28. The molecule has 0 aromatic heterocycles. The molecule has 0 aliphatic carbocycles. The van der Waals surface area contributed by atoms with Crippen molar-refractivity contribution in [2.24, 2.45) is 0 Å². The Morgan fingerprint density at radius 2 is 1.49 bits per heavy atom. The number of aryl methyl sites for hydroxylation is 2. The molecule has 1 N–H and O–H groups in total. The highest BCUT2D eigenvalue weighted by molar-refractivity contribution is 7.92. The van der Waals surface area contributed by atoms with Crippen LogP contribution < -0.4 is 9.62 Å². The molecule has 3 aromatic carbocycles. The quantitative estimate of drug-likeness (QED) is 0.336. The Bertz CT molecular complexity index is 1360. The highest BCUT2D eigenvalue weighted by atomic mass is 32.2. The van der Waals surface area contributed by atoms with Crippen LogP contribution in [0.25, 0.3) is 0 Å². The summed E-state index contributed by atoms with van der Waals surface area (Å²) in [5, 5.41) is 2.99.